The number of benzene rings is 1. The molecule has 1 amide bonds. The zero-order chi connectivity index (χ0) is 16.9. The number of carbonyl (C=O) groups is 1. The number of nitrogens with two attached hydrogens (primary N) is 1. The summed E-state index contributed by atoms with van der Waals surface area (Å²) in [6.45, 7) is 0.768. The lowest BCUT2D eigenvalue weighted by Crippen LogP contribution is -2.33. The molecule has 1 aliphatic carbocycles. The monoisotopic (exact) mass is 326 g/mol. The lowest BCUT2D eigenvalue weighted by molar-refractivity contribution is -0.134. The average molecular weight is 326 g/mol. The number of nitrogens with one attached hydrogen (secondary N) is 1. The molecule has 0 spiro atoms. The fourth-order valence-corrected chi connectivity index (χ4v) is 3.42. The summed E-state index contributed by atoms with van der Waals surface area (Å²) in [5.74, 6) is 0.374. The number of aryl methyl sites for hydroxylation is 1. The molecular formula is C19H26N4O. The first-order chi connectivity index (χ1) is 11.6. The van der Waals surface area contributed by atoms with Gasteiger partial charge in [0.1, 0.15) is 0 Å². The average Bonchev–Trinajstić information content (AvgIpc) is 3.24. The predicted molar refractivity (Wildman–Crippen MR) is 95.3 cm³/mol. The van der Waals surface area contributed by atoms with Crippen LogP contribution in [0, 0.1) is 5.92 Å². The Balaban J connectivity index is 1.46. The Bertz CT molecular complexity index is 667. The van der Waals surface area contributed by atoms with Crippen LogP contribution in [0.1, 0.15) is 31.4 Å². The highest BCUT2D eigenvalue weighted by Crippen LogP contribution is 2.25. The van der Waals surface area contributed by atoms with Gasteiger partial charge < -0.3 is 10.6 Å². The minimum atomic E-state index is 0.127. The smallest absolute Gasteiger partial charge is 0.225 e. The van der Waals surface area contributed by atoms with Gasteiger partial charge in [0, 0.05) is 36.8 Å². The van der Waals surface area contributed by atoms with Crippen molar-refractivity contribution in [3.8, 4) is 11.3 Å². The molecule has 1 saturated carbocycles. The maximum absolute atomic E-state index is 12.4. The van der Waals surface area contributed by atoms with E-state index in [1.165, 1.54) is 0 Å². The van der Waals surface area contributed by atoms with Crippen LogP contribution in [0.25, 0.3) is 11.3 Å². The summed E-state index contributed by atoms with van der Waals surface area (Å²) in [5.41, 5.74) is 9.10. The van der Waals surface area contributed by atoms with Crippen LogP contribution >= 0.6 is 0 Å². The van der Waals surface area contributed by atoms with Gasteiger partial charge in [0.2, 0.25) is 5.91 Å². The SMILES string of the molecule is CN(CCCc1cc(-c2ccccc2)n[nH]1)C(=O)C1CCC(N)C1. The minimum Gasteiger partial charge on any atom is -0.346 e. The number of aromatic nitrogens is 2. The van der Waals surface area contributed by atoms with Crippen molar-refractivity contribution in [3.63, 3.8) is 0 Å². The van der Waals surface area contributed by atoms with E-state index in [4.69, 9.17) is 5.73 Å². The van der Waals surface area contributed by atoms with E-state index >= 15 is 0 Å². The molecule has 5 nitrogen and oxygen atoms in total. The molecule has 1 aromatic carbocycles. The zero-order valence-electron chi connectivity index (χ0n) is 14.2. The van der Waals surface area contributed by atoms with Crippen molar-refractivity contribution >= 4 is 5.91 Å². The molecule has 0 aliphatic heterocycles. The Kier molecular flexibility index (Phi) is 5.30. The molecule has 1 aliphatic rings. The fourth-order valence-electron chi connectivity index (χ4n) is 3.42. The van der Waals surface area contributed by atoms with E-state index in [1.807, 2.05) is 30.1 Å². The first kappa shape index (κ1) is 16.7. The van der Waals surface area contributed by atoms with Crippen molar-refractivity contribution in [2.24, 2.45) is 11.7 Å². The van der Waals surface area contributed by atoms with Gasteiger partial charge in [0.15, 0.2) is 0 Å². The van der Waals surface area contributed by atoms with Crippen LogP contribution in [0.5, 0.6) is 0 Å². The van der Waals surface area contributed by atoms with Crippen molar-refractivity contribution in [2.45, 2.75) is 38.1 Å². The summed E-state index contributed by atoms with van der Waals surface area (Å²) in [5, 5.41) is 7.47. The zero-order valence-corrected chi connectivity index (χ0v) is 14.2. The van der Waals surface area contributed by atoms with E-state index in [0.29, 0.717) is 0 Å². The molecule has 2 atom stereocenters. The summed E-state index contributed by atoms with van der Waals surface area (Å²) in [7, 11) is 1.90. The van der Waals surface area contributed by atoms with Gasteiger partial charge in [-0.1, -0.05) is 30.3 Å². The van der Waals surface area contributed by atoms with Gasteiger partial charge in [-0.3, -0.25) is 9.89 Å². The third kappa shape index (κ3) is 4.03. The second-order valence-electron chi connectivity index (χ2n) is 6.78. The predicted octanol–water partition coefficient (Wildman–Crippen LogP) is 2.60. The largest absolute Gasteiger partial charge is 0.346 e. The maximum atomic E-state index is 12.4. The molecule has 0 radical (unpaired) electrons. The second kappa shape index (κ2) is 7.62. The molecule has 2 unspecified atom stereocenters. The Morgan fingerprint density at radius 3 is 2.83 bits per heavy atom. The van der Waals surface area contributed by atoms with Gasteiger partial charge in [0.25, 0.3) is 0 Å². The topological polar surface area (TPSA) is 75.0 Å². The summed E-state index contributed by atoms with van der Waals surface area (Å²) in [6.07, 6.45) is 4.56. The van der Waals surface area contributed by atoms with Crippen molar-refractivity contribution in [1.29, 1.82) is 0 Å². The molecule has 2 aromatic rings. The maximum Gasteiger partial charge on any atom is 0.225 e. The number of hydrogen-bond donors (Lipinski definition) is 2. The number of nitrogens with zero attached hydrogens (tertiary/aromatic N) is 2. The Morgan fingerprint density at radius 1 is 1.33 bits per heavy atom. The van der Waals surface area contributed by atoms with Crippen LogP contribution in [-0.2, 0) is 11.2 Å². The molecule has 24 heavy (non-hydrogen) atoms. The van der Waals surface area contributed by atoms with E-state index in [-0.39, 0.29) is 17.9 Å². The van der Waals surface area contributed by atoms with E-state index in [1.54, 1.807) is 0 Å². The van der Waals surface area contributed by atoms with Crippen molar-refractivity contribution in [3.05, 3.63) is 42.1 Å². The van der Waals surface area contributed by atoms with E-state index < -0.39 is 0 Å². The second-order valence-corrected chi connectivity index (χ2v) is 6.78. The van der Waals surface area contributed by atoms with E-state index in [0.717, 1.165) is 55.6 Å². The normalized spacial score (nSPS) is 20.2. The first-order valence-corrected chi connectivity index (χ1v) is 8.73. The van der Waals surface area contributed by atoms with Gasteiger partial charge >= 0.3 is 0 Å². The van der Waals surface area contributed by atoms with Crippen molar-refractivity contribution in [2.75, 3.05) is 13.6 Å². The highest BCUT2D eigenvalue weighted by molar-refractivity contribution is 5.78. The molecule has 0 bridgehead atoms. The first-order valence-electron chi connectivity index (χ1n) is 8.73. The van der Waals surface area contributed by atoms with Crippen LogP contribution in [0.2, 0.25) is 0 Å². The number of carbonyl (C=O) groups excluding carboxylic acids is 1. The fraction of sp³-hybridized carbons (Fsp3) is 0.474. The lowest BCUT2D eigenvalue weighted by Gasteiger charge is -2.20. The number of hydrogen-bond acceptors (Lipinski definition) is 3. The molecule has 1 aromatic heterocycles. The molecule has 1 heterocycles. The Labute approximate surface area is 143 Å². The van der Waals surface area contributed by atoms with Gasteiger partial charge in [-0.15, -0.1) is 0 Å². The van der Waals surface area contributed by atoms with Crippen LogP contribution < -0.4 is 5.73 Å². The summed E-state index contributed by atoms with van der Waals surface area (Å²) >= 11 is 0. The number of rotatable bonds is 6. The van der Waals surface area contributed by atoms with Gasteiger partial charge in [0.05, 0.1) is 5.69 Å². The quantitative estimate of drug-likeness (QED) is 0.857. The van der Waals surface area contributed by atoms with Crippen LogP contribution in [0.15, 0.2) is 36.4 Å². The molecule has 5 heteroatoms. The highest BCUT2D eigenvalue weighted by Gasteiger charge is 2.29. The molecule has 1 fully saturated rings. The molecule has 128 valence electrons. The lowest BCUT2D eigenvalue weighted by atomic mass is 10.1. The van der Waals surface area contributed by atoms with Gasteiger partial charge in [-0.2, -0.15) is 5.10 Å². The van der Waals surface area contributed by atoms with Crippen molar-refractivity contribution < 1.29 is 4.79 Å². The van der Waals surface area contributed by atoms with E-state index in [2.05, 4.69) is 28.4 Å². The molecule has 0 saturated heterocycles. The number of H-pyrrole nitrogens is 1. The summed E-state index contributed by atoms with van der Waals surface area (Å²) in [4.78, 5) is 14.2. The van der Waals surface area contributed by atoms with Crippen LogP contribution in [0.3, 0.4) is 0 Å². The van der Waals surface area contributed by atoms with Crippen LogP contribution in [-0.4, -0.2) is 40.6 Å². The summed E-state index contributed by atoms with van der Waals surface area (Å²) < 4.78 is 0. The van der Waals surface area contributed by atoms with E-state index in [9.17, 15) is 4.79 Å². The molecular weight excluding hydrogens is 300 g/mol. The van der Waals surface area contributed by atoms with Gasteiger partial charge in [-0.05, 0) is 38.2 Å². The highest BCUT2D eigenvalue weighted by atomic mass is 16.2. The molecule has 3 rings (SSSR count). The Hall–Kier alpha value is -2.14. The van der Waals surface area contributed by atoms with Gasteiger partial charge in [-0.25, -0.2) is 0 Å². The third-order valence-electron chi connectivity index (χ3n) is 4.84. The minimum absolute atomic E-state index is 0.127. The number of aromatic amines is 1. The Morgan fingerprint density at radius 2 is 2.12 bits per heavy atom. The van der Waals surface area contributed by atoms with Crippen molar-refractivity contribution in [1.82, 2.24) is 15.1 Å². The standard InChI is InChI=1S/C19H26N4O/c1-23(19(24)15-9-10-16(20)12-15)11-5-8-17-13-18(22-21-17)14-6-3-2-4-7-14/h2-4,6-7,13,15-16H,5,8-12,20H2,1H3,(H,21,22). The summed E-state index contributed by atoms with van der Waals surface area (Å²) in [6, 6.07) is 12.4. The van der Waals surface area contributed by atoms with Crippen LogP contribution in [0.4, 0.5) is 0 Å². The number of amides is 1. The molecule has 3 N–H and O–H groups in total. The third-order valence-corrected chi connectivity index (χ3v) is 4.84.